The predicted octanol–water partition coefficient (Wildman–Crippen LogP) is 5.83. The van der Waals surface area contributed by atoms with E-state index in [2.05, 4.69) is 17.4 Å². The third-order valence-corrected chi connectivity index (χ3v) is 7.10. The molecular formula is C27H26ClNO5S. The number of hydrogen-bond acceptors (Lipinski definition) is 5. The summed E-state index contributed by atoms with van der Waals surface area (Å²) in [5.74, 6) is 0.668. The van der Waals surface area contributed by atoms with Gasteiger partial charge in [0.05, 0.1) is 11.6 Å². The zero-order valence-electron chi connectivity index (χ0n) is 19.0. The Balaban J connectivity index is 1.22. The number of amides is 1. The van der Waals surface area contributed by atoms with E-state index in [1.165, 1.54) is 0 Å². The number of alkyl carbamates (subject to hydrolysis) is 1. The van der Waals surface area contributed by atoms with Crippen LogP contribution in [0, 0.1) is 0 Å². The second kappa shape index (κ2) is 12.0. The summed E-state index contributed by atoms with van der Waals surface area (Å²) >= 11 is 7.60. The standard InChI is InChI=1S/C27H26ClNO5S/c28-23-11-5-6-12-25(23)33-14-16-35-15-13-24(26(30)31)29-27(32)34-17-22-20-9-3-1-7-18(20)19-8-2-4-10-21(19)22/h1-12,22,24H,13-17H2,(H,29,32)(H,30,31). The zero-order valence-corrected chi connectivity index (χ0v) is 20.6. The summed E-state index contributed by atoms with van der Waals surface area (Å²) in [6.07, 6.45) is -0.456. The number of nitrogens with one attached hydrogen (secondary N) is 1. The van der Waals surface area contributed by atoms with Gasteiger partial charge in [-0.3, -0.25) is 0 Å². The Morgan fingerprint density at radius 3 is 2.23 bits per heavy atom. The molecule has 0 radical (unpaired) electrons. The van der Waals surface area contributed by atoms with Crippen molar-refractivity contribution in [2.75, 3.05) is 24.7 Å². The van der Waals surface area contributed by atoms with Crippen LogP contribution in [-0.2, 0) is 9.53 Å². The number of carbonyl (C=O) groups is 2. The minimum Gasteiger partial charge on any atom is -0.491 e. The number of carboxylic acids is 1. The van der Waals surface area contributed by atoms with Gasteiger partial charge in [-0.1, -0.05) is 72.3 Å². The second-order valence-electron chi connectivity index (χ2n) is 8.04. The molecule has 3 aromatic rings. The highest BCUT2D eigenvalue weighted by atomic mass is 35.5. The van der Waals surface area contributed by atoms with Gasteiger partial charge in [-0.15, -0.1) is 0 Å². The maximum absolute atomic E-state index is 12.4. The molecule has 4 rings (SSSR count). The average Bonchev–Trinajstić information content (AvgIpc) is 3.18. The van der Waals surface area contributed by atoms with Crippen molar-refractivity contribution >= 4 is 35.4 Å². The fourth-order valence-electron chi connectivity index (χ4n) is 4.12. The monoisotopic (exact) mass is 511 g/mol. The maximum Gasteiger partial charge on any atom is 0.407 e. The van der Waals surface area contributed by atoms with Crippen LogP contribution in [0.2, 0.25) is 5.02 Å². The largest absolute Gasteiger partial charge is 0.491 e. The summed E-state index contributed by atoms with van der Waals surface area (Å²) in [7, 11) is 0. The molecule has 1 atom stereocenters. The Hall–Kier alpha value is -3.16. The first kappa shape index (κ1) is 24.9. The number of thioether (sulfide) groups is 1. The highest BCUT2D eigenvalue weighted by Crippen LogP contribution is 2.44. The van der Waals surface area contributed by atoms with Crippen LogP contribution in [0.5, 0.6) is 5.75 Å². The molecule has 0 saturated heterocycles. The molecule has 0 aromatic heterocycles. The molecule has 1 aliphatic carbocycles. The number of hydrogen-bond donors (Lipinski definition) is 2. The van der Waals surface area contributed by atoms with Gasteiger partial charge in [0.1, 0.15) is 18.4 Å². The summed E-state index contributed by atoms with van der Waals surface area (Å²) in [5, 5.41) is 12.6. The van der Waals surface area contributed by atoms with Crippen LogP contribution >= 0.6 is 23.4 Å². The molecule has 0 aliphatic heterocycles. The van der Waals surface area contributed by atoms with E-state index >= 15 is 0 Å². The van der Waals surface area contributed by atoms with Gasteiger partial charge in [0.15, 0.2) is 0 Å². The number of carboxylic acid groups (broad SMARTS) is 1. The van der Waals surface area contributed by atoms with E-state index in [9.17, 15) is 14.7 Å². The van der Waals surface area contributed by atoms with Crippen molar-refractivity contribution in [2.24, 2.45) is 0 Å². The molecule has 8 heteroatoms. The molecule has 0 heterocycles. The van der Waals surface area contributed by atoms with Gasteiger partial charge in [0, 0.05) is 11.7 Å². The molecule has 3 aromatic carbocycles. The number of halogens is 1. The molecule has 0 spiro atoms. The first-order valence-electron chi connectivity index (χ1n) is 11.3. The number of aliphatic carboxylic acids is 1. The van der Waals surface area contributed by atoms with Gasteiger partial charge >= 0.3 is 12.1 Å². The predicted molar refractivity (Wildman–Crippen MR) is 139 cm³/mol. The minimum atomic E-state index is -1.09. The van der Waals surface area contributed by atoms with Gasteiger partial charge in [-0.05, 0) is 46.6 Å². The van der Waals surface area contributed by atoms with Gasteiger partial charge in [-0.2, -0.15) is 11.8 Å². The van der Waals surface area contributed by atoms with Gasteiger partial charge in [0.25, 0.3) is 0 Å². The molecule has 2 N–H and O–H groups in total. The molecule has 35 heavy (non-hydrogen) atoms. The smallest absolute Gasteiger partial charge is 0.407 e. The summed E-state index contributed by atoms with van der Waals surface area (Å²) in [6.45, 7) is 0.590. The van der Waals surface area contributed by atoms with E-state index in [1.807, 2.05) is 48.5 Å². The Morgan fingerprint density at radius 1 is 0.943 bits per heavy atom. The Bertz CT molecular complexity index is 1140. The summed E-state index contributed by atoms with van der Waals surface area (Å²) in [4.78, 5) is 24.1. The molecule has 0 fully saturated rings. The Kier molecular flexibility index (Phi) is 8.55. The summed E-state index contributed by atoms with van der Waals surface area (Å²) in [5.41, 5.74) is 4.48. The number of carbonyl (C=O) groups excluding carboxylic acids is 1. The fraction of sp³-hybridized carbons (Fsp3) is 0.259. The normalized spacial score (nSPS) is 12.9. The minimum absolute atomic E-state index is 0.0786. The molecule has 0 saturated carbocycles. The van der Waals surface area contributed by atoms with E-state index in [4.69, 9.17) is 21.1 Å². The molecule has 6 nitrogen and oxygen atoms in total. The number of ether oxygens (including phenoxy) is 2. The highest BCUT2D eigenvalue weighted by Gasteiger charge is 2.29. The Labute approximate surface area is 213 Å². The fourth-order valence-corrected chi connectivity index (χ4v) is 5.11. The average molecular weight is 512 g/mol. The lowest BCUT2D eigenvalue weighted by Crippen LogP contribution is -2.41. The van der Waals surface area contributed by atoms with Crippen molar-refractivity contribution < 1.29 is 24.2 Å². The number of rotatable bonds is 11. The van der Waals surface area contributed by atoms with E-state index in [-0.39, 0.29) is 18.9 Å². The van der Waals surface area contributed by atoms with Crippen molar-refractivity contribution in [3.8, 4) is 16.9 Å². The van der Waals surface area contributed by atoms with Crippen LogP contribution in [0.1, 0.15) is 23.5 Å². The molecule has 1 aliphatic rings. The molecule has 1 unspecified atom stereocenters. The second-order valence-corrected chi connectivity index (χ2v) is 9.67. The van der Waals surface area contributed by atoms with Crippen molar-refractivity contribution in [3.63, 3.8) is 0 Å². The number of benzene rings is 3. The molecule has 1 amide bonds. The van der Waals surface area contributed by atoms with E-state index in [0.717, 1.165) is 22.3 Å². The van der Waals surface area contributed by atoms with E-state index in [1.54, 1.807) is 23.9 Å². The van der Waals surface area contributed by atoms with Gasteiger partial charge in [-0.25, -0.2) is 9.59 Å². The Morgan fingerprint density at radius 2 is 1.57 bits per heavy atom. The third kappa shape index (κ3) is 6.29. The van der Waals surface area contributed by atoms with Crippen molar-refractivity contribution in [2.45, 2.75) is 18.4 Å². The van der Waals surface area contributed by atoms with Gasteiger partial charge in [0.2, 0.25) is 0 Å². The molecule has 182 valence electrons. The van der Waals surface area contributed by atoms with Crippen LogP contribution in [0.3, 0.4) is 0 Å². The molecular weight excluding hydrogens is 486 g/mol. The highest BCUT2D eigenvalue weighted by molar-refractivity contribution is 7.99. The van der Waals surface area contributed by atoms with Crippen molar-refractivity contribution in [1.29, 1.82) is 0 Å². The topological polar surface area (TPSA) is 84.9 Å². The van der Waals surface area contributed by atoms with Crippen LogP contribution in [0.4, 0.5) is 4.79 Å². The summed E-state index contributed by atoms with van der Waals surface area (Å²) < 4.78 is 11.1. The van der Waals surface area contributed by atoms with Crippen LogP contribution < -0.4 is 10.1 Å². The van der Waals surface area contributed by atoms with Gasteiger partial charge < -0.3 is 19.9 Å². The zero-order chi connectivity index (χ0) is 24.6. The van der Waals surface area contributed by atoms with Crippen molar-refractivity contribution in [3.05, 3.63) is 88.9 Å². The lowest BCUT2D eigenvalue weighted by atomic mass is 9.98. The van der Waals surface area contributed by atoms with Crippen molar-refractivity contribution in [1.82, 2.24) is 5.32 Å². The van der Waals surface area contributed by atoms with E-state index in [0.29, 0.717) is 28.9 Å². The van der Waals surface area contributed by atoms with Crippen LogP contribution in [0.15, 0.2) is 72.8 Å². The van der Waals surface area contributed by atoms with Crippen LogP contribution in [0.25, 0.3) is 11.1 Å². The SMILES string of the molecule is O=C(NC(CCSCCOc1ccccc1Cl)C(=O)O)OCC1c2ccccc2-c2ccccc21. The number of para-hydroxylation sites is 1. The maximum atomic E-state index is 12.4. The van der Waals surface area contributed by atoms with E-state index < -0.39 is 18.1 Å². The summed E-state index contributed by atoms with van der Waals surface area (Å²) in [6, 6.07) is 22.3. The van der Waals surface area contributed by atoms with Crippen LogP contribution in [-0.4, -0.2) is 47.9 Å². The molecule has 0 bridgehead atoms. The number of fused-ring (bicyclic) bond motifs is 3. The lowest BCUT2D eigenvalue weighted by Gasteiger charge is -2.17. The lowest BCUT2D eigenvalue weighted by molar-refractivity contribution is -0.139. The first-order valence-corrected chi connectivity index (χ1v) is 12.9. The third-order valence-electron chi connectivity index (χ3n) is 5.81. The quantitative estimate of drug-likeness (QED) is 0.315. The first-order chi connectivity index (χ1) is 17.0.